The topological polar surface area (TPSA) is 76.1 Å². The molecule has 138 valence electrons. The Hall–Kier alpha value is -2.38. The second-order valence-corrected chi connectivity index (χ2v) is 7.55. The molecule has 2 heterocycles. The molecule has 0 saturated carbocycles. The molecule has 2 aromatic rings. The fourth-order valence-corrected chi connectivity index (χ4v) is 4.06. The van der Waals surface area contributed by atoms with E-state index in [0.29, 0.717) is 11.4 Å². The van der Waals surface area contributed by atoms with Gasteiger partial charge >= 0.3 is 5.97 Å². The van der Waals surface area contributed by atoms with Crippen LogP contribution < -0.4 is 4.74 Å². The molecular weight excluding hydrogens is 354 g/mol. The third-order valence-electron chi connectivity index (χ3n) is 4.35. The van der Waals surface area contributed by atoms with Crippen molar-refractivity contribution >= 4 is 23.2 Å². The van der Waals surface area contributed by atoms with Crippen LogP contribution in [0.1, 0.15) is 21.5 Å². The number of hydrogen-bond donors (Lipinski definition) is 1. The number of hydrogen-bond acceptors (Lipinski definition) is 5. The maximum absolute atomic E-state index is 12.9. The van der Waals surface area contributed by atoms with Crippen LogP contribution >= 0.6 is 11.3 Å². The molecule has 26 heavy (non-hydrogen) atoms. The van der Waals surface area contributed by atoms with Crippen LogP contribution in [0.5, 0.6) is 5.75 Å². The molecule has 1 amide bonds. The van der Waals surface area contributed by atoms with E-state index in [1.807, 2.05) is 37.3 Å². The maximum Gasteiger partial charge on any atom is 0.334 e. The zero-order chi connectivity index (χ0) is 18.8. The van der Waals surface area contributed by atoms with Crippen molar-refractivity contribution in [1.29, 1.82) is 0 Å². The number of benzene rings is 1. The predicted molar refractivity (Wildman–Crippen MR) is 98.9 cm³/mol. The van der Waals surface area contributed by atoms with Gasteiger partial charge in [-0.1, -0.05) is 12.1 Å². The summed E-state index contributed by atoms with van der Waals surface area (Å²) in [6.45, 7) is 4.20. The molecule has 1 aliphatic rings. The van der Waals surface area contributed by atoms with Crippen LogP contribution in [0, 0.1) is 6.92 Å². The van der Waals surface area contributed by atoms with Crippen LogP contribution in [0.3, 0.4) is 0 Å². The maximum atomic E-state index is 12.9. The molecule has 0 bridgehead atoms. The summed E-state index contributed by atoms with van der Waals surface area (Å²) >= 11 is 1.42. The first-order chi connectivity index (χ1) is 12.4. The molecule has 1 N–H and O–H groups in total. The van der Waals surface area contributed by atoms with Crippen LogP contribution in [0.25, 0.3) is 11.1 Å². The average molecular weight is 375 g/mol. The molecule has 1 fully saturated rings. The number of morpholine rings is 1. The number of rotatable bonds is 4. The van der Waals surface area contributed by atoms with E-state index in [1.54, 1.807) is 18.9 Å². The van der Waals surface area contributed by atoms with Gasteiger partial charge in [-0.2, -0.15) is 0 Å². The van der Waals surface area contributed by atoms with Gasteiger partial charge in [-0.15, -0.1) is 11.3 Å². The fourth-order valence-electron chi connectivity index (χ4n) is 3.05. The molecule has 1 aliphatic heterocycles. The molecular formula is C19H21NO5S. The summed E-state index contributed by atoms with van der Waals surface area (Å²) in [6, 6.07) is 9.56. The third kappa shape index (κ3) is 3.73. The number of carbonyl (C=O) groups is 2. The average Bonchev–Trinajstić information content (AvgIpc) is 3.02. The smallest absolute Gasteiger partial charge is 0.334 e. The van der Waals surface area contributed by atoms with Crippen LogP contribution in [0.15, 0.2) is 30.3 Å². The lowest BCUT2D eigenvalue weighted by Gasteiger charge is -2.34. The van der Waals surface area contributed by atoms with Gasteiger partial charge in [0.15, 0.2) is 6.10 Å². The number of nitrogens with zero attached hydrogens (tertiary/aromatic N) is 1. The molecule has 0 aliphatic carbocycles. The highest BCUT2D eigenvalue weighted by Crippen LogP contribution is 2.33. The van der Waals surface area contributed by atoms with Crippen LogP contribution in [0.2, 0.25) is 0 Å². The molecule has 3 rings (SSSR count). The van der Waals surface area contributed by atoms with E-state index in [-0.39, 0.29) is 18.6 Å². The highest BCUT2D eigenvalue weighted by molar-refractivity contribution is 7.14. The molecule has 6 nitrogen and oxygen atoms in total. The minimum Gasteiger partial charge on any atom is -0.497 e. The normalized spacial score (nSPS) is 20.0. The van der Waals surface area contributed by atoms with E-state index in [4.69, 9.17) is 9.47 Å². The van der Waals surface area contributed by atoms with Crippen molar-refractivity contribution < 1.29 is 24.2 Å². The lowest BCUT2D eigenvalue weighted by molar-refractivity contribution is -0.160. The Morgan fingerprint density at radius 3 is 2.58 bits per heavy atom. The van der Waals surface area contributed by atoms with Crippen LogP contribution in [-0.4, -0.2) is 54.3 Å². The molecule has 1 aromatic heterocycles. The number of aliphatic carboxylic acids is 1. The van der Waals surface area contributed by atoms with Gasteiger partial charge in [0.2, 0.25) is 0 Å². The van der Waals surface area contributed by atoms with Gasteiger partial charge in [0.05, 0.1) is 24.6 Å². The minimum absolute atomic E-state index is 0.0628. The summed E-state index contributed by atoms with van der Waals surface area (Å²) in [5.74, 6) is -0.421. The molecule has 1 saturated heterocycles. The molecule has 0 radical (unpaired) electrons. The summed E-state index contributed by atoms with van der Waals surface area (Å²) in [4.78, 5) is 27.3. The number of carboxylic acids is 1. The third-order valence-corrected chi connectivity index (χ3v) is 5.39. The largest absolute Gasteiger partial charge is 0.497 e. The quantitative estimate of drug-likeness (QED) is 0.889. The standard InChI is InChI=1S/C19H21NO5S/c1-11-9-20(10-16(25-11)19(22)23)18(21)17-8-15(12(2)26-17)13-4-6-14(24-3)7-5-13/h4-8,11,16H,9-10H2,1-3H3,(H,22,23)/t11-,16+/m1/s1. The van der Waals surface area contributed by atoms with Gasteiger partial charge < -0.3 is 19.5 Å². The summed E-state index contributed by atoms with van der Waals surface area (Å²) in [5.41, 5.74) is 2.01. The molecule has 0 spiro atoms. The second kappa shape index (κ2) is 7.47. The summed E-state index contributed by atoms with van der Waals surface area (Å²) in [6.07, 6.45) is -1.29. The number of ether oxygens (including phenoxy) is 2. The summed E-state index contributed by atoms with van der Waals surface area (Å²) < 4.78 is 10.6. The van der Waals surface area contributed by atoms with Crippen molar-refractivity contribution in [2.75, 3.05) is 20.2 Å². The highest BCUT2D eigenvalue weighted by Gasteiger charge is 2.33. The van der Waals surface area contributed by atoms with Gasteiger partial charge in [0.25, 0.3) is 5.91 Å². The molecule has 7 heteroatoms. The summed E-state index contributed by atoms with van der Waals surface area (Å²) in [7, 11) is 1.62. The molecule has 2 atom stereocenters. The van der Waals surface area contributed by atoms with Gasteiger partial charge in [-0.05, 0) is 43.2 Å². The van der Waals surface area contributed by atoms with Gasteiger partial charge in [0.1, 0.15) is 5.75 Å². The van der Waals surface area contributed by atoms with E-state index in [0.717, 1.165) is 21.8 Å². The SMILES string of the molecule is COc1ccc(-c2cc(C(=O)N3C[C@@H](C)O[C@H](C(=O)O)C3)sc2C)cc1. The minimum atomic E-state index is -1.05. The Morgan fingerprint density at radius 1 is 1.27 bits per heavy atom. The Balaban J connectivity index is 1.83. The van der Waals surface area contributed by atoms with E-state index < -0.39 is 12.1 Å². The number of amides is 1. The summed E-state index contributed by atoms with van der Waals surface area (Å²) in [5, 5.41) is 9.20. The number of methoxy groups -OCH3 is 1. The Kier molecular flexibility index (Phi) is 5.29. The van der Waals surface area contributed by atoms with Crippen molar-refractivity contribution in [3.8, 4) is 16.9 Å². The van der Waals surface area contributed by atoms with Crippen molar-refractivity contribution in [2.45, 2.75) is 26.1 Å². The van der Waals surface area contributed by atoms with E-state index >= 15 is 0 Å². The van der Waals surface area contributed by atoms with E-state index in [2.05, 4.69) is 0 Å². The number of carboxylic acid groups (broad SMARTS) is 1. The zero-order valence-electron chi connectivity index (χ0n) is 14.9. The zero-order valence-corrected chi connectivity index (χ0v) is 15.7. The van der Waals surface area contributed by atoms with Crippen molar-refractivity contribution in [3.05, 3.63) is 40.1 Å². The van der Waals surface area contributed by atoms with Gasteiger partial charge in [0, 0.05) is 11.4 Å². The van der Waals surface area contributed by atoms with E-state index in [1.165, 1.54) is 11.3 Å². The monoisotopic (exact) mass is 375 g/mol. The first-order valence-electron chi connectivity index (χ1n) is 8.31. The lowest BCUT2D eigenvalue weighted by Crippen LogP contribution is -2.51. The fraction of sp³-hybridized carbons (Fsp3) is 0.368. The second-order valence-electron chi connectivity index (χ2n) is 6.29. The Morgan fingerprint density at radius 2 is 1.96 bits per heavy atom. The van der Waals surface area contributed by atoms with E-state index in [9.17, 15) is 14.7 Å². The Bertz CT molecular complexity index is 814. The van der Waals surface area contributed by atoms with Crippen molar-refractivity contribution in [1.82, 2.24) is 4.90 Å². The first kappa shape index (κ1) is 18.4. The van der Waals surface area contributed by atoms with Gasteiger partial charge in [-0.25, -0.2) is 4.79 Å². The lowest BCUT2D eigenvalue weighted by atomic mass is 10.1. The highest BCUT2D eigenvalue weighted by atomic mass is 32.1. The number of thiophene rings is 1. The number of carbonyl (C=O) groups excluding carboxylic acids is 1. The number of aryl methyl sites for hydroxylation is 1. The van der Waals surface area contributed by atoms with Crippen molar-refractivity contribution in [2.24, 2.45) is 0 Å². The van der Waals surface area contributed by atoms with Gasteiger partial charge in [-0.3, -0.25) is 4.79 Å². The molecule has 1 aromatic carbocycles. The molecule has 0 unspecified atom stereocenters. The predicted octanol–water partition coefficient (Wildman–Crippen LogP) is 3.05. The Labute approximate surface area is 156 Å². The first-order valence-corrected chi connectivity index (χ1v) is 9.13. The van der Waals surface area contributed by atoms with Crippen LogP contribution in [0.4, 0.5) is 0 Å². The van der Waals surface area contributed by atoms with Crippen molar-refractivity contribution in [3.63, 3.8) is 0 Å². The van der Waals surface area contributed by atoms with Crippen LogP contribution in [-0.2, 0) is 9.53 Å².